The van der Waals surface area contributed by atoms with Crippen molar-refractivity contribution in [3.63, 3.8) is 0 Å². The molecule has 1 spiro atoms. The van der Waals surface area contributed by atoms with E-state index in [-0.39, 0.29) is 0 Å². The van der Waals surface area contributed by atoms with E-state index in [0.717, 1.165) is 24.7 Å². The minimum Gasteiger partial charge on any atom is -0.300 e. The zero-order valence-corrected chi connectivity index (χ0v) is 9.63. The molecule has 0 amide bonds. The smallest absolute Gasteiger partial charge is 0.133 e. The normalized spacial score (nSPS) is 35.7. The molecular weight excluding hydrogens is 184 g/mol. The SMILES string of the molecule is O=C1CCC2(CCCC2)C(C2CCC2)C1. The molecule has 0 aromatic rings. The van der Waals surface area contributed by atoms with Gasteiger partial charge in [0.05, 0.1) is 0 Å². The predicted molar refractivity (Wildman–Crippen MR) is 60.6 cm³/mol. The highest BCUT2D eigenvalue weighted by Gasteiger charge is 2.48. The summed E-state index contributed by atoms with van der Waals surface area (Å²) < 4.78 is 0. The monoisotopic (exact) mass is 206 g/mol. The predicted octanol–water partition coefficient (Wildman–Crippen LogP) is 3.72. The number of rotatable bonds is 1. The Morgan fingerprint density at radius 3 is 2.33 bits per heavy atom. The van der Waals surface area contributed by atoms with Crippen LogP contribution in [0.1, 0.15) is 64.2 Å². The van der Waals surface area contributed by atoms with E-state index in [4.69, 9.17) is 0 Å². The Labute approximate surface area is 92.6 Å². The number of Topliss-reactive ketones (excluding diaryl/α,β-unsaturated/α-hetero) is 1. The zero-order chi connectivity index (χ0) is 10.3. The van der Waals surface area contributed by atoms with E-state index < -0.39 is 0 Å². The molecule has 3 saturated carbocycles. The van der Waals surface area contributed by atoms with Crippen molar-refractivity contribution in [3.8, 4) is 0 Å². The van der Waals surface area contributed by atoms with Crippen LogP contribution in [-0.4, -0.2) is 5.78 Å². The minimum atomic E-state index is 0.560. The third kappa shape index (κ3) is 1.55. The summed E-state index contributed by atoms with van der Waals surface area (Å²) in [6.07, 6.45) is 13.0. The quantitative estimate of drug-likeness (QED) is 0.639. The summed E-state index contributed by atoms with van der Waals surface area (Å²) in [6.45, 7) is 0. The number of ketones is 1. The molecule has 0 aromatic heterocycles. The van der Waals surface area contributed by atoms with Crippen LogP contribution in [0.4, 0.5) is 0 Å². The van der Waals surface area contributed by atoms with Crippen LogP contribution in [0.25, 0.3) is 0 Å². The molecule has 1 atom stereocenters. The van der Waals surface area contributed by atoms with Crippen molar-refractivity contribution in [2.75, 3.05) is 0 Å². The highest BCUT2D eigenvalue weighted by atomic mass is 16.1. The molecule has 0 bridgehead atoms. The minimum absolute atomic E-state index is 0.560. The van der Waals surface area contributed by atoms with Crippen LogP contribution in [0.5, 0.6) is 0 Å². The molecule has 15 heavy (non-hydrogen) atoms. The van der Waals surface area contributed by atoms with Crippen molar-refractivity contribution in [2.24, 2.45) is 17.3 Å². The third-order valence-corrected chi connectivity index (χ3v) is 5.45. The van der Waals surface area contributed by atoms with Crippen LogP contribution < -0.4 is 0 Å². The summed E-state index contributed by atoms with van der Waals surface area (Å²) >= 11 is 0. The highest BCUT2D eigenvalue weighted by molar-refractivity contribution is 5.79. The lowest BCUT2D eigenvalue weighted by Crippen LogP contribution is -2.41. The maximum atomic E-state index is 11.7. The van der Waals surface area contributed by atoms with Gasteiger partial charge in [0.1, 0.15) is 5.78 Å². The fraction of sp³-hybridized carbons (Fsp3) is 0.929. The van der Waals surface area contributed by atoms with Gasteiger partial charge in [-0.15, -0.1) is 0 Å². The van der Waals surface area contributed by atoms with Gasteiger partial charge in [-0.05, 0) is 36.5 Å². The van der Waals surface area contributed by atoms with E-state index in [0.29, 0.717) is 11.2 Å². The van der Waals surface area contributed by atoms with Gasteiger partial charge in [-0.2, -0.15) is 0 Å². The van der Waals surface area contributed by atoms with E-state index in [2.05, 4.69) is 0 Å². The first-order valence-electron chi connectivity index (χ1n) is 6.82. The molecular formula is C14H22O. The number of hydrogen-bond donors (Lipinski definition) is 0. The molecule has 84 valence electrons. The van der Waals surface area contributed by atoms with Crippen LogP contribution in [-0.2, 0) is 4.79 Å². The topological polar surface area (TPSA) is 17.1 Å². The first-order chi connectivity index (χ1) is 7.30. The summed E-state index contributed by atoms with van der Waals surface area (Å²) in [6, 6.07) is 0. The van der Waals surface area contributed by atoms with E-state index in [9.17, 15) is 4.79 Å². The third-order valence-electron chi connectivity index (χ3n) is 5.45. The molecule has 3 fully saturated rings. The molecule has 3 rings (SSSR count). The molecule has 3 aliphatic rings. The van der Waals surface area contributed by atoms with Gasteiger partial charge in [-0.3, -0.25) is 4.79 Å². The summed E-state index contributed by atoms with van der Waals surface area (Å²) in [5.74, 6) is 2.27. The van der Waals surface area contributed by atoms with Crippen molar-refractivity contribution in [3.05, 3.63) is 0 Å². The Balaban J connectivity index is 1.80. The van der Waals surface area contributed by atoms with Crippen molar-refractivity contribution in [2.45, 2.75) is 64.2 Å². The van der Waals surface area contributed by atoms with Gasteiger partial charge >= 0.3 is 0 Å². The van der Waals surface area contributed by atoms with Gasteiger partial charge in [0.15, 0.2) is 0 Å². The number of carbonyl (C=O) groups is 1. The van der Waals surface area contributed by atoms with Crippen molar-refractivity contribution >= 4 is 5.78 Å². The molecule has 0 aromatic carbocycles. The second-order valence-corrected chi connectivity index (χ2v) is 6.11. The largest absolute Gasteiger partial charge is 0.300 e. The Morgan fingerprint density at radius 1 is 1.00 bits per heavy atom. The standard InChI is InChI=1S/C14H22O/c15-12-6-9-14(7-1-2-8-14)13(10-12)11-4-3-5-11/h11,13H,1-10H2. The van der Waals surface area contributed by atoms with E-state index >= 15 is 0 Å². The molecule has 1 nitrogen and oxygen atoms in total. The average molecular weight is 206 g/mol. The van der Waals surface area contributed by atoms with Crippen LogP contribution in [0.3, 0.4) is 0 Å². The van der Waals surface area contributed by atoms with Gasteiger partial charge in [-0.25, -0.2) is 0 Å². The van der Waals surface area contributed by atoms with Gasteiger partial charge in [0.25, 0.3) is 0 Å². The number of hydrogen-bond acceptors (Lipinski definition) is 1. The van der Waals surface area contributed by atoms with Crippen LogP contribution in [0.2, 0.25) is 0 Å². The van der Waals surface area contributed by atoms with E-state index in [1.54, 1.807) is 0 Å². The summed E-state index contributed by atoms with van der Waals surface area (Å²) in [4.78, 5) is 11.7. The first-order valence-corrected chi connectivity index (χ1v) is 6.82. The van der Waals surface area contributed by atoms with Gasteiger partial charge in [0, 0.05) is 12.8 Å². The molecule has 0 aliphatic heterocycles. The lowest BCUT2D eigenvalue weighted by molar-refractivity contribution is -0.127. The molecule has 0 heterocycles. The van der Waals surface area contributed by atoms with Crippen LogP contribution in [0, 0.1) is 17.3 Å². The average Bonchev–Trinajstić information content (AvgIpc) is 2.59. The summed E-state index contributed by atoms with van der Waals surface area (Å²) in [5, 5.41) is 0. The van der Waals surface area contributed by atoms with Crippen molar-refractivity contribution < 1.29 is 4.79 Å². The zero-order valence-electron chi connectivity index (χ0n) is 9.63. The maximum Gasteiger partial charge on any atom is 0.133 e. The van der Waals surface area contributed by atoms with E-state index in [1.165, 1.54) is 51.4 Å². The van der Waals surface area contributed by atoms with Gasteiger partial charge in [-0.1, -0.05) is 32.1 Å². The molecule has 0 N–H and O–H groups in total. The number of carbonyl (C=O) groups excluding carboxylic acids is 1. The highest BCUT2D eigenvalue weighted by Crippen LogP contribution is 2.57. The fourth-order valence-corrected chi connectivity index (χ4v) is 4.35. The fourth-order valence-electron chi connectivity index (χ4n) is 4.35. The Kier molecular flexibility index (Phi) is 2.37. The van der Waals surface area contributed by atoms with Gasteiger partial charge < -0.3 is 0 Å². The van der Waals surface area contributed by atoms with Crippen LogP contribution in [0.15, 0.2) is 0 Å². The van der Waals surface area contributed by atoms with Gasteiger partial charge in [0.2, 0.25) is 0 Å². The molecule has 1 unspecified atom stereocenters. The molecule has 0 radical (unpaired) electrons. The lowest BCUT2D eigenvalue weighted by Gasteiger charge is -2.48. The summed E-state index contributed by atoms with van der Waals surface area (Å²) in [5.41, 5.74) is 0.624. The van der Waals surface area contributed by atoms with Crippen molar-refractivity contribution in [1.29, 1.82) is 0 Å². The lowest BCUT2D eigenvalue weighted by atomic mass is 9.56. The summed E-state index contributed by atoms with van der Waals surface area (Å²) in [7, 11) is 0. The molecule has 0 saturated heterocycles. The Hall–Kier alpha value is -0.330. The second kappa shape index (κ2) is 3.61. The van der Waals surface area contributed by atoms with Crippen LogP contribution >= 0.6 is 0 Å². The van der Waals surface area contributed by atoms with Crippen molar-refractivity contribution in [1.82, 2.24) is 0 Å². The Morgan fingerprint density at radius 2 is 1.73 bits per heavy atom. The Bertz CT molecular complexity index is 259. The second-order valence-electron chi connectivity index (χ2n) is 6.11. The van der Waals surface area contributed by atoms with E-state index in [1.807, 2.05) is 0 Å². The molecule has 3 aliphatic carbocycles. The maximum absolute atomic E-state index is 11.7. The molecule has 1 heteroatoms. The first kappa shape index (κ1) is 9.86.